The largest absolute Gasteiger partial charge is 0.363 e. The first-order valence-electron chi connectivity index (χ1n) is 7.04. The van der Waals surface area contributed by atoms with E-state index in [1.165, 1.54) is 6.07 Å². The van der Waals surface area contributed by atoms with Crippen LogP contribution >= 0.6 is 12.4 Å². The van der Waals surface area contributed by atoms with Gasteiger partial charge in [0.05, 0.1) is 12.1 Å². The third-order valence-electron chi connectivity index (χ3n) is 4.17. The molecule has 0 aromatic heterocycles. The lowest BCUT2D eigenvalue weighted by atomic mass is 9.90. The Kier molecular flexibility index (Phi) is 5.19. The molecular formula is C15H20ClFN2O2. The monoisotopic (exact) mass is 314 g/mol. The number of ether oxygens (including phenoxy) is 1. The van der Waals surface area contributed by atoms with Crippen LogP contribution in [0.2, 0.25) is 0 Å². The Balaban J connectivity index is 0.00000161. The van der Waals surface area contributed by atoms with Crippen molar-refractivity contribution >= 4 is 18.3 Å². The molecule has 1 aromatic carbocycles. The van der Waals surface area contributed by atoms with Crippen molar-refractivity contribution in [2.24, 2.45) is 0 Å². The molecule has 21 heavy (non-hydrogen) atoms. The van der Waals surface area contributed by atoms with Crippen LogP contribution in [0.4, 0.5) is 4.39 Å². The fourth-order valence-corrected chi connectivity index (χ4v) is 2.95. The van der Waals surface area contributed by atoms with E-state index in [1.807, 2.05) is 0 Å². The molecule has 1 amide bonds. The number of rotatable bonds is 2. The Bertz CT molecular complexity index is 506. The van der Waals surface area contributed by atoms with E-state index in [-0.39, 0.29) is 36.3 Å². The summed E-state index contributed by atoms with van der Waals surface area (Å²) < 4.78 is 19.5. The predicted molar refractivity (Wildman–Crippen MR) is 79.9 cm³/mol. The third kappa shape index (κ3) is 3.54. The minimum atomic E-state index is -0.258. The number of piperidine rings is 1. The number of carbonyl (C=O) groups is 1. The highest BCUT2D eigenvalue weighted by molar-refractivity contribution is 5.85. The Morgan fingerprint density at radius 2 is 2.00 bits per heavy atom. The number of morpholine rings is 1. The standard InChI is InChI=1S/C15H19FN2O2.ClH/c16-13-4-2-1-3-12(13)9-18-11-15(20-10-14(18)19)5-7-17-8-6-15;/h1-4,17H,5-11H2;1H. The van der Waals surface area contributed by atoms with Gasteiger partial charge >= 0.3 is 0 Å². The summed E-state index contributed by atoms with van der Waals surface area (Å²) in [6.45, 7) is 2.80. The van der Waals surface area contributed by atoms with E-state index in [1.54, 1.807) is 23.1 Å². The Labute approximate surface area is 130 Å². The highest BCUT2D eigenvalue weighted by Gasteiger charge is 2.40. The van der Waals surface area contributed by atoms with Gasteiger partial charge in [-0.05, 0) is 32.0 Å². The van der Waals surface area contributed by atoms with Gasteiger partial charge in [0.1, 0.15) is 12.4 Å². The number of halogens is 2. The van der Waals surface area contributed by atoms with Gasteiger partial charge in [-0.1, -0.05) is 18.2 Å². The number of hydrogen-bond acceptors (Lipinski definition) is 3. The maximum absolute atomic E-state index is 13.7. The van der Waals surface area contributed by atoms with Gasteiger partial charge in [0, 0.05) is 12.1 Å². The maximum atomic E-state index is 13.7. The Hall–Kier alpha value is -1.17. The number of benzene rings is 1. The van der Waals surface area contributed by atoms with Gasteiger partial charge < -0.3 is 15.0 Å². The second kappa shape index (κ2) is 6.73. The van der Waals surface area contributed by atoms with Crippen LogP contribution in [0, 0.1) is 5.82 Å². The second-order valence-electron chi connectivity index (χ2n) is 5.56. The van der Waals surface area contributed by atoms with Crippen molar-refractivity contribution in [1.82, 2.24) is 10.2 Å². The van der Waals surface area contributed by atoms with Gasteiger partial charge in [-0.2, -0.15) is 0 Å². The number of nitrogens with one attached hydrogen (secondary N) is 1. The number of hydrogen-bond donors (Lipinski definition) is 1. The highest BCUT2D eigenvalue weighted by atomic mass is 35.5. The summed E-state index contributed by atoms with van der Waals surface area (Å²) in [6.07, 6.45) is 1.79. The molecule has 4 nitrogen and oxygen atoms in total. The first kappa shape index (κ1) is 16.2. The Morgan fingerprint density at radius 3 is 2.71 bits per heavy atom. The Morgan fingerprint density at radius 1 is 1.29 bits per heavy atom. The average molecular weight is 315 g/mol. The van der Waals surface area contributed by atoms with Crippen LogP contribution in [0.1, 0.15) is 18.4 Å². The van der Waals surface area contributed by atoms with E-state index in [0.29, 0.717) is 18.7 Å². The van der Waals surface area contributed by atoms with Crippen LogP contribution < -0.4 is 5.32 Å². The zero-order valence-electron chi connectivity index (χ0n) is 11.8. The minimum absolute atomic E-state index is 0. The van der Waals surface area contributed by atoms with Gasteiger partial charge in [-0.15, -0.1) is 12.4 Å². The van der Waals surface area contributed by atoms with Crippen LogP contribution in [-0.4, -0.2) is 42.6 Å². The average Bonchev–Trinajstić information content (AvgIpc) is 2.47. The van der Waals surface area contributed by atoms with Crippen molar-refractivity contribution in [3.8, 4) is 0 Å². The van der Waals surface area contributed by atoms with Crippen LogP contribution in [0.5, 0.6) is 0 Å². The molecule has 0 atom stereocenters. The van der Waals surface area contributed by atoms with Crippen molar-refractivity contribution in [1.29, 1.82) is 0 Å². The topological polar surface area (TPSA) is 41.6 Å². The van der Waals surface area contributed by atoms with Gasteiger partial charge in [0.15, 0.2) is 0 Å². The van der Waals surface area contributed by atoms with Gasteiger partial charge in [-0.3, -0.25) is 4.79 Å². The predicted octanol–water partition coefficient (Wildman–Crippen LogP) is 1.73. The fraction of sp³-hybridized carbons (Fsp3) is 0.533. The van der Waals surface area contributed by atoms with E-state index in [0.717, 1.165) is 25.9 Å². The summed E-state index contributed by atoms with van der Waals surface area (Å²) in [5.41, 5.74) is 0.316. The molecule has 116 valence electrons. The molecule has 6 heteroatoms. The number of nitrogens with zero attached hydrogens (tertiary/aromatic N) is 1. The second-order valence-corrected chi connectivity index (χ2v) is 5.56. The quantitative estimate of drug-likeness (QED) is 0.904. The first-order valence-corrected chi connectivity index (χ1v) is 7.04. The molecule has 2 heterocycles. The lowest BCUT2D eigenvalue weighted by Gasteiger charge is -2.44. The molecule has 2 fully saturated rings. The molecule has 2 aliphatic heterocycles. The molecule has 3 rings (SSSR count). The van der Waals surface area contributed by atoms with Crippen molar-refractivity contribution in [2.45, 2.75) is 25.0 Å². The van der Waals surface area contributed by atoms with Crippen LogP contribution in [0.25, 0.3) is 0 Å². The van der Waals surface area contributed by atoms with E-state index < -0.39 is 0 Å². The SMILES string of the molecule is Cl.O=C1COC2(CCNCC2)CN1Cc1ccccc1F. The molecule has 2 aliphatic rings. The molecular weight excluding hydrogens is 295 g/mol. The summed E-state index contributed by atoms with van der Waals surface area (Å²) in [5, 5.41) is 3.30. The van der Waals surface area contributed by atoms with E-state index >= 15 is 0 Å². The third-order valence-corrected chi connectivity index (χ3v) is 4.17. The van der Waals surface area contributed by atoms with E-state index in [4.69, 9.17) is 4.74 Å². The summed E-state index contributed by atoms with van der Waals surface area (Å²) in [6, 6.07) is 6.62. The zero-order valence-corrected chi connectivity index (χ0v) is 12.6. The van der Waals surface area contributed by atoms with Gasteiger partial charge in [0.2, 0.25) is 5.91 Å². The molecule has 1 N–H and O–H groups in total. The van der Waals surface area contributed by atoms with Crippen molar-refractivity contribution in [3.63, 3.8) is 0 Å². The number of carbonyl (C=O) groups excluding carboxylic acids is 1. The fourth-order valence-electron chi connectivity index (χ4n) is 2.95. The maximum Gasteiger partial charge on any atom is 0.249 e. The smallest absolute Gasteiger partial charge is 0.249 e. The van der Waals surface area contributed by atoms with Crippen LogP contribution in [-0.2, 0) is 16.1 Å². The van der Waals surface area contributed by atoms with Crippen LogP contribution in [0.3, 0.4) is 0 Å². The minimum Gasteiger partial charge on any atom is -0.363 e. The molecule has 0 bridgehead atoms. The molecule has 2 saturated heterocycles. The molecule has 0 unspecified atom stereocenters. The molecule has 0 radical (unpaired) electrons. The lowest BCUT2D eigenvalue weighted by Crippen LogP contribution is -2.57. The first-order chi connectivity index (χ1) is 9.69. The molecule has 0 saturated carbocycles. The summed E-state index contributed by atoms with van der Waals surface area (Å²) in [7, 11) is 0. The summed E-state index contributed by atoms with van der Waals surface area (Å²) >= 11 is 0. The lowest BCUT2D eigenvalue weighted by molar-refractivity contribution is -0.169. The van der Waals surface area contributed by atoms with Gasteiger partial charge in [0.25, 0.3) is 0 Å². The number of amides is 1. The van der Waals surface area contributed by atoms with Crippen molar-refractivity contribution < 1.29 is 13.9 Å². The van der Waals surface area contributed by atoms with Gasteiger partial charge in [-0.25, -0.2) is 4.39 Å². The molecule has 1 aromatic rings. The molecule has 1 spiro atoms. The van der Waals surface area contributed by atoms with E-state index in [9.17, 15) is 9.18 Å². The summed E-state index contributed by atoms with van der Waals surface area (Å²) in [5.74, 6) is -0.316. The van der Waals surface area contributed by atoms with E-state index in [2.05, 4.69) is 5.32 Å². The normalized spacial score (nSPS) is 21.2. The molecule has 0 aliphatic carbocycles. The van der Waals surface area contributed by atoms with Crippen LogP contribution in [0.15, 0.2) is 24.3 Å². The van der Waals surface area contributed by atoms with Crippen molar-refractivity contribution in [2.75, 3.05) is 26.2 Å². The summed E-state index contributed by atoms with van der Waals surface area (Å²) in [4.78, 5) is 13.7. The zero-order chi connectivity index (χ0) is 14.0. The highest BCUT2D eigenvalue weighted by Crippen LogP contribution is 2.28. The van der Waals surface area contributed by atoms with Crippen molar-refractivity contribution in [3.05, 3.63) is 35.6 Å².